The van der Waals surface area contributed by atoms with E-state index in [1.807, 2.05) is 0 Å². The Bertz CT molecular complexity index is 1160. The molecule has 2 aliphatic heterocycles. The molecule has 0 aliphatic carbocycles. The average molecular weight is 694 g/mol. The number of imide groups is 1. The first-order valence-corrected chi connectivity index (χ1v) is 13.1. The third-order valence-electron chi connectivity index (χ3n) is 5.70. The molecule has 0 saturated carbocycles. The molecule has 0 radical (unpaired) electrons. The normalized spacial score (nSPS) is 23.8. The minimum atomic E-state index is -1.88. The van der Waals surface area contributed by atoms with E-state index in [9.17, 15) is 44.4 Å². The van der Waals surface area contributed by atoms with E-state index in [-0.39, 0.29) is 44.5 Å². The molecule has 41 heavy (non-hydrogen) atoms. The molecule has 1 aromatic carbocycles. The van der Waals surface area contributed by atoms with Crippen LogP contribution in [0.4, 0.5) is 4.79 Å². The zero-order valence-electron chi connectivity index (χ0n) is 21.2. The second kappa shape index (κ2) is 15.0. The number of halogens is 1. The lowest BCUT2D eigenvalue weighted by Gasteiger charge is -2.38. The molecular weight excluding hydrogens is 667 g/mol. The van der Waals surface area contributed by atoms with E-state index in [0.717, 1.165) is 17.1 Å². The number of ether oxygens (including phenoxy) is 5. The molecule has 0 unspecified atom stereocenters. The van der Waals surface area contributed by atoms with Crippen molar-refractivity contribution in [2.45, 2.75) is 37.3 Å². The van der Waals surface area contributed by atoms with Crippen LogP contribution in [0.15, 0.2) is 30.4 Å². The highest BCUT2D eigenvalue weighted by atomic mass is 127. The second-order valence-electron chi connectivity index (χ2n) is 8.56. The van der Waals surface area contributed by atoms with Crippen LogP contribution in [-0.4, -0.2) is 117 Å². The SMILES string of the molecule is O=C(CN1C(=O)C=CC1=O)NCCOCCOc1cc(O[C@@H]2O[C@H](C(=O)O)[C@@H](O)[C@H](O)[C@H]2O)ccc1COC(=O)I. The number of hydrogen-bond donors (Lipinski definition) is 5. The number of rotatable bonds is 14. The lowest BCUT2D eigenvalue weighted by molar-refractivity contribution is -0.271. The number of benzene rings is 1. The van der Waals surface area contributed by atoms with Gasteiger partial charge in [-0.3, -0.25) is 19.3 Å². The van der Waals surface area contributed by atoms with Gasteiger partial charge in [0.15, 0.2) is 6.10 Å². The summed E-state index contributed by atoms with van der Waals surface area (Å²) in [4.78, 5) is 58.2. The zero-order valence-corrected chi connectivity index (χ0v) is 23.4. The van der Waals surface area contributed by atoms with Crippen LogP contribution >= 0.6 is 22.6 Å². The van der Waals surface area contributed by atoms with Crippen LogP contribution in [0.1, 0.15) is 5.56 Å². The summed E-state index contributed by atoms with van der Waals surface area (Å²) in [6.07, 6.45) is -6.83. The fourth-order valence-electron chi connectivity index (χ4n) is 3.64. The van der Waals surface area contributed by atoms with Gasteiger partial charge in [0, 0.05) is 30.3 Å². The third kappa shape index (κ3) is 9.07. The van der Waals surface area contributed by atoms with Gasteiger partial charge in [-0.2, -0.15) is 0 Å². The van der Waals surface area contributed by atoms with E-state index in [4.69, 9.17) is 23.7 Å². The summed E-state index contributed by atoms with van der Waals surface area (Å²) in [6.45, 7) is -0.307. The van der Waals surface area contributed by atoms with Gasteiger partial charge in [-0.05, 0) is 12.1 Å². The third-order valence-corrected chi connectivity index (χ3v) is 6.01. The number of nitrogens with one attached hydrogen (secondary N) is 1. The summed E-state index contributed by atoms with van der Waals surface area (Å²) in [6, 6.07) is 4.25. The Morgan fingerprint density at radius 3 is 2.37 bits per heavy atom. The Labute approximate surface area is 245 Å². The van der Waals surface area contributed by atoms with Crippen molar-refractivity contribution in [3.8, 4) is 11.5 Å². The quantitative estimate of drug-likeness (QED) is 0.0645. The molecule has 5 atom stereocenters. The van der Waals surface area contributed by atoms with Gasteiger partial charge >= 0.3 is 9.95 Å². The standard InChI is InChI=1S/C24H27IN2O14/c25-24(36)39-11-12-1-2-13(40-23-20(33)18(31)19(32)21(41-23)22(34)35)9-14(12)38-8-7-37-6-5-26-15(28)10-27-16(29)3-4-17(27)30/h1-4,9,18-21,23,31-33H,5-8,10-11H2,(H,26,28)(H,34,35)/t18-,19-,20+,21-,23+/m0/s1. The summed E-state index contributed by atoms with van der Waals surface area (Å²) in [5, 5.41) is 41.7. The Morgan fingerprint density at radius 2 is 1.71 bits per heavy atom. The number of aliphatic hydroxyl groups excluding tert-OH is 3. The molecule has 0 aromatic heterocycles. The Hall–Kier alpha value is -3.36. The number of nitrogens with zero attached hydrogens (tertiary/aromatic N) is 1. The summed E-state index contributed by atoms with van der Waals surface area (Å²) in [5.41, 5.74) is 0.430. The minimum Gasteiger partial charge on any atom is -0.491 e. The van der Waals surface area contributed by atoms with Gasteiger partial charge in [-0.25, -0.2) is 9.59 Å². The molecule has 1 aromatic rings. The predicted octanol–water partition coefficient (Wildman–Crippen LogP) is -1.53. The first-order valence-electron chi connectivity index (χ1n) is 12.0. The van der Waals surface area contributed by atoms with Crippen LogP contribution in [-0.2, 0) is 40.0 Å². The van der Waals surface area contributed by atoms with Crippen LogP contribution < -0.4 is 14.8 Å². The Morgan fingerprint density at radius 1 is 1.00 bits per heavy atom. The summed E-state index contributed by atoms with van der Waals surface area (Å²) < 4.78 is 26.2. The smallest absolute Gasteiger partial charge is 0.367 e. The van der Waals surface area contributed by atoms with Crippen molar-refractivity contribution in [2.75, 3.05) is 32.9 Å². The molecule has 17 heteroatoms. The highest BCUT2D eigenvalue weighted by molar-refractivity contribution is 14.1. The lowest BCUT2D eigenvalue weighted by Crippen LogP contribution is -2.61. The molecule has 0 bridgehead atoms. The van der Waals surface area contributed by atoms with Crippen molar-refractivity contribution in [1.29, 1.82) is 0 Å². The van der Waals surface area contributed by atoms with E-state index in [1.165, 1.54) is 40.8 Å². The van der Waals surface area contributed by atoms with Crippen LogP contribution in [0.2, 0.25) is 0 Å². The molecule has 0 spiro atoms. The number of amides is 3. The number of carbonyl (C=O) groups is 5. The first-order chi connectivity index (χ1) is 19.5. The van der Waals surface area contributed by atoms with E-state index in [1.54, 1.807) is 0 Å². The summed E-state index contributed by atoms with van der Waals surface area (Å²) in [7, 11) is 0. The molecular formula is C24H27IN2O14. The van der Waals surface area contributed by atoms with Crippen molar-refractivity contribution in [3.63, 3.8) is 0 Å². The van der Waals surface area contributed by atoms with Gasteiger partial charge < -0.3 is 49.4 Å². The van der Waals surface area contributed by atoms with E-state index in [2.05, 4.69) is 5.32 Å². The van der Waals surface area contributed by atoms with Crippen molar-refractivity contribution in [1.82, 2.24) is 10.2 Å². The number of carboxylic acids is 1. The lowest BCUT2D eigenvalue weighted by atomic mass is 9.99. The van der Waals surface area contributed by atoms with Crippen molar-refractivity contribution >= 4 is 50.3 Å². The minimum absolute atomic E-state index is 0.000416. The average Bonchev–Trinajstić information content (AvgIpc) is 3.24. The van der Waals surface area contributed by atoms with Crippen LogP contribution in [0, 0.1) is 0 Å². The molecule has 1 saturated heterocycles. The number of hydrogen-bond acceptors (Lipinski definition) is 13. The van der Waals surface area contributed by atoms with Crippen LogP contribution in [0.25, 0.3) is 0 Å². The fraction of sp³-hybridized carbons (Fsp3) is 0.458. The summed E-state index contributed by atoms with van der Waals surface area (Å²) >= 11 is 1.45. The van der Waals surface area contributed by atoms with Gasteiger partial charge in [-0.1, -0.05) is 0 Å². The molecule has 2 aliphatic rings. The fourth-order valence-corrected chi connectivity index (χ4v) is 3.80. The molecule has 16 nitrogen and oxygen atoms in total. The maximum atomic E-state index is 11.9. The first kappa shape index (κ1) is 32.2. The number of aliphatic hydroxyl groups is 3. The maximum Gasteiger partial charge on any atom is 0.367 e. The van der Waals surface area contributed by atoms with Gasteiger partial charge in [-0.15, -0.1) is 0 Å². The topological polar surface area (TPSA) is 228 Å². The van der Waals surface area contributed by atoms with E-state index < -0.39 is 64.9 Å². The molecule has 3 rings (SSSR count). The van der Waals surface area contributed by atoms with Crippen LogP contribution in [0.3, 0.4) is 0 Å². The summed E-state index contributed by atoms with van der Waals surface area (Å²) in [5.74, 6) is -3.01. The number of carbonyl (C=O) groups excluding carboxylic acids is 4. The van der Waals surface area contributed by atoms with E-state index >= 15 is 0 Å². The largest absolute Gasteiger partial charge is 0.491 e. The highest BCUT2D eigenvalue weighted by Crippen LogP contribution is 2.30. The van der Waals surface area contributed by atoms with Gasteiger partial charge in [0.2, 0.25) is 12.2 Å². The van der Waals surface area contributed by atoms with Gasteiger partial charge in [0.05, 0.1) is 35.8 Å². The van der Waals surface area contributed by atoms with Gasteiger partial charge in [0.25, 0.3) is 11.8 Å². The van der Waals surface area contributed by atoms with Crippen molar-refractivity contribution < 1.29 is 68.1 Å². The molecule has 2 heterocycles. The highest BCUT2D eigenvalue weighted by Gasteiger charge is 2.48. The van der Waals surface area contributed by atoms with Crippen molar-refractivity contribution in [2.24, 2.45) is 0 Å². The molecule has 5 N–H and O–H groups in total. The number of carboxylic acid groups (broad SMARTS) is 1. The number of aliphatic carboxylic acids is 1. The molecule has 1 fully saturated rings. The molecule has 3 amide bonds. The second-order valence-corrected chi connectivity index (χ2v) is 9.44. The van der Waals surface area contributed by atoms with Crippen molar-refractivity contribution in [3.05, 3.63) is 35.9 Å². The predicted molar refractivity (Wildman–Crippen MR) is 141 cm³/mol. The Kier molecular flexibility index (Phi) is 11.8. The monoisotopic (exact) mass is 694 g/mol. The molecule has 224 valence electrons. The zero-order chi connectivity index (χ0) is 30.1. The van der Waals surface area contributed by atoms with E-state index in [0.29, 0.717) is 5.56 Å². The van der Waals surface area contributed by atoms with Crippen LogP contribution in [0.5, 0.6) is 11.5 Å². The Balaban J connectivity index is 1.50. The maximum absolute atomic E-state index is 11.9. The van der Waals surface area contributed by atoms with Gasteiger partial charge in [0.1, 0.15) is 49.6 Å².